The third-order valence-electron chi connectivity index (χ3n) is 3.15. The Bertz CT molecular complexity index is 729. The number of methoxy groups -OCH3 is 1. The van der Waals surface area contributed by atoms with Crippen molar-refractivity contribution in [3.63, 3.8) is 0 Å². The molecule has 1 aromatic carbocycles. The Hall–Kier alpha value is -2.75. The monoisotopic (exact) mass is 277 g/mol. The largest absolute Gasteiger partial charge is 0.481 e. The first-order chi connectivity index (χ1) is 10.3. The third-order valence-corrected chi connectivity index (χ3v) is 3.15. The van der Waals surface area contributed by atoms with Crippen LogP contribution in [-0.4, -0.2) is 22.1 Å². The van der Waals surface area contributed by atoms with Crippen LogP contribution in [0.15, 0.2) is 60.9 Å². The smallest absolute Gasteiger partial charge is 0.213 e. The highest BCUT2D eigenvalue weighted by molar-refractivity contribution is 5.59. The molecule has 2 heterocycles. The van der Waals surface area contributed by atoms with Crippen molar-refractivity contribution in [2.24, 2.45) is 0 Å². The number of nitrogens with zero attached hydrogens (tertiary/aromatic N) is 3. The van der Waals surface area contributed by atoms with Gasteiger partial charge in [0.15, 0.2) is 0 Å². The van der Waals surface area contributed by atoms with E-state index in [4.69, 9.17) is 4.74 Å². The summed E-state index contributed by atoms with van der Waals surface area (Å²) in [5.74, 6) is 1.38. The molecule has 0 amide bonds. The van der Waals surface area contributed by atoms with Crippen LogP contribution in [0.1, 0.15) is 11.4 Å². The molecule has 0 aliphatic carbocycles. The predicted molar refractivity (Wildman–Crippen MR) is 81.1 cm³/mol. The van der Waals surface area contributed by atoms with Gasteiger partial charge in [0.25, 0.3) is 0 Å². The molecule has 0 unspecified atom stereocenters. The van der Waals surface area contributed by atoms with Gasteiger partial charge >= 0.3 is 0 Å². The molecule has 2 aromatic heterocycles. The Morgan fingerprint density at radius 3 is 2.57 bits per heavy atom. The zero-order chi connectivity index (χ0) is 14.5. The zero-order valence-corrected chi connectivity index (χ0v) is 11.7. The van der Waals surface area contributed by atoms with Crippen molar-refractivity contribution in [3.05, 3.63) is 72.3 Å². The number of hydrogen-bond donors (Lipinski definition) is 0. The molecule has 0 saturated heterocycles. The van der Waals surface area contributed by atoms with E-state index in [1.54, 1.807) is 19.5 Å². The van der Waals surface area contributed by atoms with Crippen LogP contribution in [0, 0.1) is 0 Å². The average Bonchev–Trinajstić information content (AvgIpc) is 2.56. The summed E-state index contributed by atoms with van der Waals surface area (Å²) in [5.41, 5.74) is 3.04. The predicted octanol–water partition coefficient (Wildman–Crippen LogP) is 3.14. The summed E-state index contributed by atoms with van der Waals surface area (Å²) in [4.78, 5) is 13.1. The van der Waals surface area contributed by atoms with Crippen molar-refractivity contribution in [3.8, 4) is 17.1 Å². The summed E-state index contributed by atoms with van der Waals surface area (Å²) >= 11 is 0. The zero-order valence-electron chi connectivity index (χ0n) is 11.7. The van der Waals surface area contributed by atoms with Crippen LogP contribution in [-0.2, 0) is 6.42 Å². The molecule has 3 aromatic rings. The lowest BCUT2D eigenvalue weighted by Gasteiger charge is -2.05. The molecule has 0 radical (unpaired) electrons. The summed E-state index contributed by atoms with van der Waals surface area (Å²) < 4.78 is 5.15. The van der Waals surface area contributed by atoms with Gasteiger partial charge < -0.3 is 4.74 Å². The van der Waals surface area contributed by atoms with Crippen molar-refractivity contribution >= 4 is 0 Å². The van der Waals surface area contributed by atoms with Crippen LogP contribution in [0.2, 0.25) is 0 Å². The lowest BCUT2D eigenvalue weighted by molar-refractivity contribution is 0.398. The van der Waals surface area contributed by atoms with E-state index in [9.17, 15) is 0 Å². The SMILES string of the molecule is COc1cc(-c2ccnc(Cc3ccccc3)n2)ccn1. The van der Waals surface area contributed by atoms with Gasteiger partial charge in [-0.15, -0.1) is 0 Å². The fourth-order valence-electron chi connectivity index (χ4n) is 2.10. The minimum atomic E-state index is 0.579. The van der Waals surface area contributed by atoms with Crippen LogP contribution < -0.4 is 4.74 Å². The third kappa shape index (κ3) is 3.23. The highest BCUT2D eigenvalue weighted by Crippen LogP contribution is 2.20. The number of ether oxygens (including phenoxy) is 1. The number of aromatic nitrogens is 3. The van der Waals surface area contributed by atoms with Crippen LogP contribution in [0.3, 0.4) is 0 Å². The molecule has 0 spiro atoms. The van der Waals surface area contributed by atoms with Gasteiger partial charge in [-0.3, -0.25) is 0 Å². The molecule has 0 N–H and O–H groups in total. The lowest BCUT2D eigenvalue weighted by Crippen LogP contribution is -1.98. The Morgan fingerprint density at radius 2 is 1.76 bits per heavy atom. The molecule has 21 heavy (non-hydrogen) atoms. The maximum absolute atomic E-state index is 5.15. The number of pyridine rings is 1. The second-order valence-corrected chi connectivity index (χ2v) is 4.61. The average molecular weight is 277 g/mol. The van der Waals surface area contributed by atoms with Crippen molar-refractivity contribution in [1.29, 1.82) is 0 Å². The van der Waals surface area contributed by atoms with Gasteiger partial charge in [-0.25, -0.2) is 15.0 Å². The van der Waals surface area contributed by atoms with Gasteiger partial charge in [0.05, 0.1) is 12.8 Å². The topological polar surface area (TPSA) is 47.9 Å². The molecule has 0 aliphatic rings. The first kappa shape index (κ1) is 13.2. The molecule has 0 aliphatic heterocycles. The second-order valence-electron chi connectivity index (χ2n) is 4.61. The van der Waals surface area contributed by atoms with E-state index >= 15 is 0 Å². The molecular formula is C17H15N3O. The standard InChI is InChI=1S/C17H15N3O/c1-21-17-12-14(7-9-19-17)15-8-10-18-16(20-15)11-13-5-3-2-4-6-13/h2-10,12H,11H2,1H3. The first-order valence-electron chi connectivity index (χ1n) is 6.71. The summed E-state index contributed by atoms with van der Waals surface area (Å²) in [7, 11) is 1.60. The highest BCUT2D eigenvalue weighted by Gasteiger charge is 2.05. The fraction of sp³-hybridized carbons (Fsp3) is 0.118. The molecule has 0 atom stereocenters. The van der Waals surface area contributed by atoms with E-state index < -0.39 is 0 Å². The molecular weight excluding hydrogens is 262 g/mol. The van der Waals surface area contributed by atoms with Gasteiger partial charge in [0, 0.05) is 30.4 Å². The van der Waals surface area contributed by atoms with Gasteiger partial charge in [0.1, 0.15) is 5.82 Å². The Balaban J connectivity index is 1.89. The van der Waals surface area contributed by atoms with E-state index in [0.29, 0.717) is 5.88 Å². The minimum absolute atomic E-state index is 0.579. The van der Waals surface area contributed by atoms with Crippen LogP contribution in [0.25, 0.3) is 11.3 Å². The molecule has 4 nitrogen and oxygen atoms in total. The maximum atomic E-state index is 5.15. The molecule has 3 rings (SSSR count). The van der Waals surface area contributed by atoms with E-state index in [1.807, 2.05) is 36.4 Å². The normalized spacial score (nSPS) is 10.3. The van der Waals surface area contributed by atoms with Gasteiger partial charge in [-0.1, -0.05) is 30.3 Å². The van der Waals surface area contributed by atoms with Crippen molar-refractivity contribution in [2.75, 3.05) is 7.11 Å². The van der Waals surface area contributed by atoms with Crippen molar-refractivity contribution in [2.45, 2.75) is 6.42 Å². The Labute approximate surface area is 123 Å². The first-order valence-corrected chi connectivity index (χ1v) is 6.71. The number of hydrogen-bond acceptors (Lipinski definition) is 4. The summed E-state index contributed by atoms with van der Waals surface area (Å²) in [5, 5.41) is 0. The lowest BCUT2D eigenvalue weighted by atomic mass is 10.1. The molecule has 0 fully saturated rings. The second kappa shape index (κ2) is 6.13. The van der Waals surface area contributed by atoms with Crippen LogP contribution in [0.4, 0.5) is 0 Å². The van der Waals surface area contributed by atoms with E-state index in [2.05, 4.69) is 27.1 Å². The summed E-state index contributed by atoms with van der Waals surface area (Å²) in [6.07, 6.45) is 4.22. The molecule has 104 valence electrons. The summed E-state index contributed by atoms with van der Waals surface area (Å²) in [6, 6.07) is 15.9. The minimum Gasteiger partial charge on any atom is -0.481 e. The molecule has 4 heteroatoms. The van der Waals surface area contributed by atoms with Gasteiger partial charge in [-0.05, 0) is 17.7 Å². The molecule has 0 bridgehead atoms. The number of rotatable bonds is 4. The summed E-state index contributed by atoms with van der Waals surface area (Å²) in [6.45, 7) is 0. The van der Waals surface area contributed by atoms with Crippen molar-refractivity contribution in [1.82, 2.24) is 15.0 Å². The number of benzene rings is 1. The Morgan fingerprint density at radius 1 is 0.952 bits per heavy atom. The fourth-order valence-corrected chi connectivity index (χ4v) is 2.10. The van der Waals surface area contributed by atoms with E-state index in [0.717, 1.165) is 23.5 Å². The van der Waals surface area contributed by atoms with E-state index in [-0.39, 0.29) is 0 Å². The molecule has 0 saturated carbocycles. The van der Waals surface area contributed by atoms with Crippen LogP contribution >= 0.6 is 0 Å². The quantitative estimate of drug-likeness (QED) is 0.735. The van der Waals surface area contributed by atoms with E-state index in [1.165, 1.54) is 5.56 Å². The van der Waals surface area contributed by atoms with Gasteiger partial charge in [-0.2, -0.15) is 0 Å². The van der Waals surface area contributed by atoms with Crippen molar-refractivity contribution < 1.29 is 4.74 Å². The van der Waals surface area contributed by atoms with Gasteiger partial charge in [0.2, 0.25) is 5.88 Å². The van der Waals surface area contributed by atoms with Crippen LogP contribution in [0.5, 0.6) is 5.88 Å². The Kier molecular flexibility index (Phi) is 3.87. The highest BCUT2D eigenvalue weighted by atomic mass is 16.5. The maximum Gasteiger partial charge on any atom is 0.213 e.